The predicted octanol–water partition coefficient (Wildman–Crippen LogP) is 2.20. The number of rotatable bonds is 11. The number of nitrogens with zero attached hydrogens (tertiary/aromatic N) is 5. The van der Waals surface area contributed by atoms with E-state index in [1.807, 2.05) is 19.2 Å². The minimum atomic E-state index is -0.775. The van der Waals surface area contributed by atoms with Crippen LogP contribution in [0.4, 0.5) is 0 Å². The molecule has 2 atom stereocenters. The highest BCUT2D eigenvalue weighted by atomic mass is 16.4. The number of hydrogen-bond donors (Lipinski definition) is 2. The van der Waals surface area contributed by atoms with E-state index < -0.39 is 5.97 Å². The van der Waals surface area contributed by atoms with E-state index in [2.05, 4.69) is 58.7 Å². The summed E-state index contributed by atoms with van der Waals surface area (Å²) in [6.07, 6.45) is 1.50. The zero-order valence-corrected chi connectivity index (χ0v) is 16.6. The van der Waals surface area contributed by atoms with Gasteiger partial charge in [0.05, 0.1) is 6.54 Å². The second-order valence-electron chi connectivity index (χ2n) is 6.99. The number of unbranched alkanes of at least 4 members (excludes halogenated alkanes) is 1. The highest BCUT2D eigenvalue weighted by molar-refractivity contribution is 5.66. The largest absolute Gasteiger partial charge is 0.481 e. The zero-order valence-electron chi connectivity index (χ0n) is 16.6. The molecule has 1 heterocycles. The van der Waals surface area contributed by atoms with E-state index in [4.69, 9.17) is 5.11 Å². The van der Waals surface area contributed by atoms with Gasteiger partial charge >= 0.3 is 5.97 Å². The number of tetrazole rings is 1. The van der Waals surface area contributed by atoms with Gasteiger partial charge in [0.2, 0.25) is 5.82 Å². The maximum atomic E-state index is 10.5. The van der Waals surface area contributed by atoms with Crippen molar-refractivity contribution in [3.63, 3.8) is 0 Å². The summed E-state index contributed by atoms with van der Waals surface area (Å²) in [7, 11) is 4.11. The molecule has 1 aromatic carbocycles. The van der Waals surface area contributed by atoms with Crippen LogP contribution in [0.5, 0.6) is 0 Å². The van der Waals surface area contributed by atoms with E-state index in [0.29, 0.717) is 30.9 Å². The van der Waals surface area contributed by atoms with Gasteiger partial charge in [-0.2, -0.15) is 4.80 Å². The molecule has 0 fully saturated rings. The van der Waals surface area contributed by atoms with E-state index >= 15 is 0 Å². The summed E-state index contributed by atoms with van der Waals surface area (Å²) in [4.78, 5) is 14.4. The summed E-state index contributed by atoms with van der Waals surface area (Å²) in [6, 6.07) is 9.00. The van der Waals surface area contributed by atoms with Crippen LogP contribution in [0.1, 0.15) is 44.7 Å². The third-order valence-corrected chi connectivity index (χ3v) is 4.82. The average Bonchev–Trinajstić information content (AvgIpc) is 3.13. The monoisotopic (exact) mass is 374 g/mol. The smallest absolute Gasteiger partial charge is 0.303 e. The van der Waals surface area contributed by atoms with Gasteiger partial charge in [-0.3, -0.25) is 9.69 Å². The van der Waals surface area contributed by atoms with Crippen LogP contribution < -0.4 is 5.32 Å². The summed E-state index contributed by atoms with van der Waals surface area (Å²) in [5.41, 5.74) is 2.17. The van der Waals surface area contributed by atoms with Gasteiger partial charge < -0.3 is 10.4 Å². The number of likely N-dealkylation sites (N-methyl/N-ethyl adjacent to an activating group) is 2. The molecule has 0 spiro atoms. The highest BCUT2D eigenvalue weighted by Gasteiger charge is 2.14. The highest BCUT2D eigenvalue weighted by Crippen LogP contribution is 2.22. The molecule has 0 aliphatic heterocycles. The van der Waals surface area contributed by atoms with Crippen LogP contribution in [0.3, 0.4) is 0 Å². The van der Waals surface area contributed by atoms with Crippen LogP contribution in [0.2, 0.25) is 0 Å². The molecule has 0 saturated heterocycles. The number of benzene rings is 1. The lowest BCUT2D eigenvalue weighted by molar-refractivity contribution is -0.137. The van der Waals surface area contributed by atoms with Crippen molar-refractivity contribution < 1.29 is 9.90 Å². The summed E-state index contributed by atoms with van der Waals surface area (Å²) in [6.45, 7) is 5.91. The minimum absolute atomic E-state index is 0.169. The molecule has 2 aromatic rings. The van der Waals surface area contributed by atoms with Crippen molar-refractivity contribution in [3.8, 4) is 11.4 Å². The lowest BCUT2D eigenvalue weighted by Gasteiger charge is -2.27. The number of aliphatic carboxylic acids is 1. The van der Waals surface area contributed by atoms with Gasteiger partial charge in [-0.15, -0.1) is 10.2 Å². The Hall–Kier alpha value is -2.32. The third kappa shape index (κ3) is 6.41. The Bertz CT molecular complexity index is 715. The maximum Gasteiger partial charge on any atom is 0.303 e. The van der Waals surface area contributed by atoms with E-state index in [0.717, 1.165) is 18.5 Å². The van der Waals surface area contributed by atoms with E-state index in [1.165, 1.54) is 10.4 Å². The number of carboxylic acids is 1. The molecular weight excluding hydrogens is 344 g/mol. The first-order valence-electron chi connectivity index (χ1n) is 9.38. The molecule has 0 aliphatic carbocycles. The van der Waals surface area contributed by atoms with E-state index in [9.17, 15) is 4.79 Å². The SMILES string of the molecule is CNC(C)CN(C)C(C)c1ccc(-c2nnn(CCCCC(=O)O)n2)cc1. The number of nitrogens with one attached hydrogen (secondary N) is 1. The quantitative estimate of drug-likeness (QED) is 0.582. The van der Waals surface area contributed by atoms with Crippen molar-refractivity contribution in [2.24, 2.45) is 0 Å². The second kappa shape index (κ2) is 10.1. The van der Waals surface area contributed by atoms with Crippen LogP contribution in [0.25, 0.3) is 11.4 Å². The summed E-state index contributed by atoms with van der Waals surface area (Å²) in [5.74, 6) is -0.188. The summed E-state index contributed by atoms with van der Waals surface area (Å²) < 4.78 is 0. The van der Waals surface area contributed by atoms with Crippen molar-refractivity contribution in [2.45, 2.75) is 51.7 Å². The molecule has 2 rings (SSSR count). The second-order valence-corrected chi connectivity index (χ2v) is 6.99. The molecule has 8 nitrogen and oxygen atoms in total. The van der Waals surface area contributed by atoms with Gasteiger partial charge in [0.15, 0.2) is 0 Å². The number of carbonyl (C=O) groups is 1. The number of aromatic nitrogens is 4. The Morgan fingerprint density at radius 3 is 2.59 bits per heavy atom. The Morgan fingerprint density at radius 2 is 1.96 bits per heavy atom. The molecule has 0 saturated carbocycles. The van der Waals surface area contributed by atoms with E-state index in [-0.39, 0.29) is 6.42 Å². The first-order valence-corrected chi connectivity index (χ1v) is 9.38. The molecule has 27 heavy (non-hydrogen) atoms. The van der Waals surface area contributed by atoms with Crippen LogP contribution in [0, 0.1) is 0 Å². The molecular formula is C19H30N6O2. The maximum absolute atomic E-state index is 10.5. The lowest BCUT2D eigenvalue weighted by Crippen LogP contribution is -2.36. The molecule has 148 valence electrons. The van der Waals surface area contributed by atoms with E-state index in [1.54, 1.807) is 0 Å². The van der Waals surface area contributed by atoms with Crippen molar-refractivity contribution >= 4 is 5.97 Å². The molecule has 2 N–H and O–H groups in total. The number of carboxylic acid groups (broad SMARTS) is 1. The van der Waals surface area contributed by atoms with Gasteiger partial charge in [0.1, 0.15) is 0 Å². The molecule has 2 unspecified atom stereocenters. The van der Waals surface area contributed by atoms with Gasteiger partial charge in [0.25, 0.3) is 0 Å². The van der Waals surface area contributed by atoms with Crippen molar-refractivity contribution in [2.75, 3.05) is 20.6 Å². The Balaban J connectivity index is 1.94. The fourth-order valence-electron chi connectivity index (χ4n) is 2.83. The van der Waals surface area contributed by atoms with Gasteiger partial charge in [0, 0.05) is 30.6 Å². The van der Waals surface area contributed by atoms with Gasteiger partial charge in [-0.1, -0.05) is 24.3 Å². The number of aryl methyl sites for hydroxylation is 1. The normalized spacial score (nSPS) is 13.7. The Labute approximate surface area is 160 Å². The van der Waals surface area contributed by atoms with Crippen LogP contribution >= 0.6 is 0 Å². The predicted molar refractivity (Wildman–Crippen MR) is 104 cm³/mol. The molecule has 0 aliphatic rings. The number of hydrogen-bond acceptors (Lipinski definition) is 6. The summed E-state index contributed by atoms with van der Waals surface area (Å²) in [5, 5.41) is 24.5. The van der Waals surface area contributed by atoms with Crippen molar-refractivity contribution in [3.05, 3.63) is 29.8 Å². The van der Waals surface area contributed by atoms with Crippen LogP contribution in [-0.4, -0.2) is 62.9 Å². The van der Waals surface area contributed by atoms with Crippen LogP contribution in [-0.2, 0) is 11.3 Å². The molecule has 1 aromatic heterocycles. The molecule has 0 amide bonds. The van der Waals surface area contributed by atoms with Gasteiger partial charge in [-0.05, 0) is 51.6 Å². The lowest BCUT2D eigenvalue weighted by atomic mass is 10.0. The first-order chi connectivity index (χ1) is 12.9. The Kier molecular flexibility index (Phi) is 7.87. The minimum Gasteiger partial charge on any atom is -0.481 e. The van der Waals surface area contributed by atoms with Crippen molar-refractivity contribution in [1.82, 2.24) is 30.4 Å². The zero-order chi connectivity index (χ0) is 19.8. The standard InChI is InChI=1S/C19H30N6O2/c1-14(20-3)13-24(4)15(2)16-8-10-17(11-9-16)19-21-23-25(22-19)12-6-5-7-18(26)27/h8-11,14-15,20H,5-7,12-13H2,1-4H3,(H,26,27). The topological polar surface area (TPSA) is 96.2 Å². The molecule has 0 bridgehead atoms. The molecule has 0 radical (unpaired) electrons. The summed E-state index contributed by atoms with van der Waals surface area (Å²) >= 11 is 0. The average molecular weight is 374 g/mol. The fourth-order valence-corrected chi connectivity index (χ4v) is 2.83. The molecule has 8 heteroatoms. The first kappa shape index (κ1) is 21.0. The van der Waals surface area contributed by atoms with Crippen LogP contribution in [0.15, 0.2) is 24.3 Å². The third-order valence-electron chi connectivity index (χ3n) is 4.82. The Morgan fingerprint density at radius 1 is 1.26 bits per heavy atom. The van der Waals surface area contributed by atoms with Gasteiger partial charge in [-0.25, -0.2) is 0 Å². The van der Waals surface area contributed by atoms with Crippen molar-refractivity contribution in [1.29, 1.82) is 0 Å². The fraction of sp³-hybridized carbons (Fsp3) is 0.579.